The van der Waals surface area contributed by atoms with E-state index in [4.69, 9.17) is 0 Å². The summed E-state index contributed by atoms with van der Waals surface area (Å²) < 4.78 is 41.9. The van der Waals surface area contributed by atoms with Crippen LogP contribution in [0.25, 0.3) is 11.0 Å². The zero-order chi connectivity index (χ0) is 24.2. The Bertz CT molecular complexity index is 1480. The molecule has 1 aliphatic carbocycles. The zero-order valence-corrected chi connectivity index (χ0v) is 18.2. The fraction of sp³-hybridized carbons (Fsp3) is 0.364. The molecule has 0 aliphatic heterocycles. The summed E-state index contributed by atoms with van der Waals surface area (Å²) in [4.78, 5) is 24.0. The summed E-state index contributed by atoms with van der Waals surface area (Å²) in [5.41, 5.74) is 0.0965. The van der Waals surface area contributed by atoms with E-state index in [-0.39, 0.29) is 28.6 Å². The van der Waals surface area contributed by atoms with Crippen LogP contribution < -0.4 is 5.56 Å². The monoisotopic (exact) mass is 468 g/mol. The van der Waals surface area contributed by atoms with Gasteiger partial charge in [0.1, 0.15) is 23.0 Å². The molecular formula is C22H19F3N8O. The quantitative estimate of drug-likeness (QED) is 0.490. The van der Waals surface area contributed by atoms with Gasteiger partial charge in [-0.1, -0.05) is 6.07 Å². The van der Waals surface area contributed by atoms with Crippen molar-refractivity contribution in [2.24, 2.45) is 7.05 Å². The minimum absolute atomic E-state index is 0.0376. The third kappa shape index (κ3) is 3.44. The van der Waals surface area contributed by atoms with Crippen LogP contribution in [0.4, 0.5) is 13.2 Å². The molecule has 34 heavy (non-hydrogen) atoms. The average molecular weight is 468 g/mol. The number of hydrogen-bond acceptors (Lipinski definition) is 6. The molecule has 0 spiro atoms. The highest BCUT2D eigenvalue weighted by atomic mass is 19.4. The van der Waals surface area contributed by atoms with Crippen molar-refractivity contribution >= 4 is 11.0 Å². The summed E-state index contributed by atoms with van der Waals surface area (Å²) in [5, 5.41) is 18.1. The highest BCUT2D eigenvalue weighted by Crippen LogP contribution is 2.47. The number of halogens is 3. The topological polar surface area (TPSA) is 118 Å². The first-order valence-corrected chi connectivity index (χ1v) is 10.6. The van der Waals surface area contributed by atoms with E-state index < -0.39 is 23.5 Å². The lowest BCUT2D eigenvalue weighted by Gasteiger charge is -2.35. The smallest absolute Gasteiger partial charge is 0.310 e. The number of nitrogens with zero attached hydrogens (tertiary/aromatic N) is 7. The number of pyridine rings is 1. The Hall–Kier alpha value is -4.01. The van der Waals surface area contributed by atoms with E-state index in [1.54, 1.807) is 17.8 Å². The van der Waals surface area contributed by atoms with Crippen LogP contribution in [0.15, 0.2) is 35.4 Å². The summed E-state index contributed by atoms with van der Waals surface area (Å²) in [6.07, 6.45) is 0.0267. The highest BCUT2D eigenvalue weighted by molar-refractivity contribution is 5.80. The molecule has 3 atom stereocenters. The van der Waals surface area contributed by atoms with Crippen LogP contribution in [0, 0.1) is 11.3 Å². The van der Waals surface area contributed by atoms with Crippen molar-refractivity contribution in [3.05, 3.63) is 69.4 Å². The van der Waals surface area contributed by atoms with Crippen molar-refractivity contribution in [1.29, 1.82) is 5.26 Å². The Morgan fingerprint density at radius 3 is 2.56 bits per heavy atom. The maximum atomic E-state index is 13.0. The van der Waals surface area contributed by atoms with Crippen LogP contribution in [-0.4, -0.2) is 34.5 Å². The number of H-pyrrole nitrogens is 1. The van der Waals surface area contributed by atoms with Gasteiger partial charge < -0.3 is 4.98 Å². The minimum Gasteiger partial charge on any atom is -0.310 e. The van der Waals surface area contributed by atoms with Crippen molar-refractivity contribution < 1.29 is 13.2 Å². The normalized spacial score (nSPS) is 19.1. The average Bonchev–Trinajstić information content (AvgIpc) is 3.36. The third-order valence-electron chi connectivity index (χ3n) is 6.48. The van der Waals surface area contributed by atoms with Gasteiger partial charge >= 0.3 is 6.18 Å². The summed E-state index contributed by atoms with van der Waals surface area (Å²) in [6.45, 7) is 1.70. The second kappa shape index (κ2) is 7.79. The second-order valence-electron chi connectivity index (χ2n) is 8.38. The molecule has 5 rings (SSSR count). The molecule has 1 fully saturated rings. The number of nitriles is 1. The molecule has 0 saturated heterocycles. The van der Waals surface area contributed by atoms with Gasteiger partial charge in [0.15, 0.2) is 11.3 Å². The first kappa shape index (κ1) is 21.8. The standard InChI is InChI=1S/C22H19F3N8O/c1-11(12-3-6-17(27-10-12)22(23,24)25)33-20-18(15(9-26)31-33)21(34)30-19(29-20)14-5-4-13(14)16-7-8-28-32(16)2/h3,6-8,10-11,13-14H,4-5H2,1-2H3,(H,29,30,34)/t11-,13-,14-/m1/s1. The number of nitrogens with one attached hydrogen (secondary N) is 1. The van der Waals surface area contributed by atoms with Crippen LogP contribution in [0.5, 0.6) is 0 Å². The summed E-state index contributed by atoms with van der Waals surface area (Å²) in [5.74, 6) is 0.583. The van der Waals surface area contributed by atoms with Gasteiger partial charge in [0.25, 0.3) is 5.56 Å². The number of alkyl halides is 3. The first-order valence-electron chi connectivity index (χ1n) is 10.6. The third-order valence-corrected chi connectivity index (χ3v) is 6.48. The maximum Gasteiger partial charge on any atom is 0.433 e. The van der Waals surface area contributed by atoms with Crippen LogP contribution in [0.2, 0.25) is 0 Å². The van der Waals surface area contributed by atoms with Crippen molar-refractivity contribution in [1.82, 2.24) is 34.5 Å². The molecule has 12 heteroatoms. The molecule has 4 aromatic heterocycles. The number of aryl methyl sites for hydroxylation is 1. The van der Waals surface area contributed by atoms with Gasteiger partial charge in [0.2, 0.25) is 0 Å². The van der Waals surface area contributed by atoms with Crippen LogP contribution >= 0.6 is 0 Å². The number of aromatic nitrogens is 7. The molecule has 0 radical (unpaired) electrons. The fourth-order valence-corrected chi connectivity index (χ4v) is 4.48. The van der Waals surface area contributed by atoms with Crippen LogP contribution in [-0.2, 0) is 13.2 Å². The summed E-state index contributed by atoms with van der Waals surface area (Å²) in [7, 11) is 1.86. The first-order chi connectivity index (χ1) is 16.2. The van der Waals surface area contributed by atoms with E-state index in [0.29, 0.717) is 11.4 Å². The van der Waals surface area contributed by atoms with E-state index in [1.165, 1.54) is 10.7 Å². The van der Waals surface area contributed by atoms with Gasteiger partial charge in [-0.15, -0.1) is 0 Å². The molecule has 1 N–H and O–H groups in total. The number of fused-ring (bicyclic) bond motifs is 1. The van der Waals surface area contributed by atoms with Gasteiger partial charge in [-0.3, -0.25) is 14.5 Å². The lowest BCUT2D eigenvalue weighted by atomic mass is 9.71. The minimum atomic E-state index is -4.55. The van der Waals surface area contributed by atoms with E-state index in [2.05, 4.69) is 25.1 Å². The second-order valence-corrected chi connectivity index (χ2v) is 8.38. The molecule has 0 amide bonds. The molecule has 9 nitrogen and oxygen atoms in total. The molecule has 1 saturated carbocycles. The van der Waals surface area contributed by atoms with Gasteiger partial charge in [-0.25, -0.2) is 9.67 Å². The van der Waals surface area contributed by atoms with Gasteiger partial charge in [0.05, 0.1) is 6.04 Å². The van der Waals surface area contributed by atoms with Crippen molar-refractivity contribution in [3.63, 3.8) is 0 Å². The van der Waals surface area contributed by atoms with Gasteiger partial charge in [-0.2, -0.15) is 28.6 Å². The number of rotatable bonds is 4. The lowest BCUT2D eigenvalue weighted by molar-refractivity contribution is -0.141. The molecule has 4 aromatic rings. The molecule has 0 bridgehead atoms. The van der Waals surface area contributed by atoms with E-state index >= 15 is 0 Å². The highest BCUT2D eigenvalue weighted by Gasteiger charge is 2.38. The van der Waals surface area contributed by atoms with Crippen molar-refractivity contribution in [3.8, 4) is 6.07 Å². The lowest BCUT2D eigenvalue weighted by Crippen LogP contribution is -2.28. The zero-order valence-electron chi connectivity index (χ0n) is 18.2. The fourth-order valence-electron chi connectivity index (χ4n) is 4.48. The molecular weight excluding hydrogens is 449 g/mol. The predicted molar refractivity (Wildman–Crippen MR) is 114 cm³/mol. The Balaban J connectivity index is 1.58. The number of aromatic amines is 1. The molecule has 174 valence electrons. The molecule has 4 heterocycles. The Labute approximate surface area is 190 Å². The van der Waals surface area contributed by atoms with E-state index in [0.717, 1.165) is 30.8 Å². The van der Waals surface area contributed by atoms with E-state index in [1.807, 2.05) is 19.2 Å². The Morgan fingerprint density at radius 2 is 2.00 bits per heavy atom. The largest absolute Gasteiger partial charge is 0.433 e. The molecule has 0 unspecified atom stereocenters. The van der Waals surface area contributed by atoms with Crippen LogP contribution in [0.3, 0.4) is 0 Å². The summed E-state index contributed by atoms with van der Waals surface area (Å²) in [6, 6.07) is 5.43. The van der Waals surface area contributed by atoms with Crippen LogP contribution in [0.1, 0.15) is 66.1 Å². The van der Waals surface area contributed by atoms with E-state index in [9.17, 15) is 23.2 Å². The predicted octanol–water partition coefficient (Wildman–Crippen LogP) is 3.41. The SMILES string of the molecule is C[C@H](c1ccc(C(F)(F)F)nc1)n1nc(C#N)c2c(=O)[nH]c([C@@H]3CC[C@H]3c3ccnn3C)nc21. The Kier molecular flexibility index (Phi) is 5.00. The molecule has 0 aromatic carbocycles. The number of hydrogen-bond donors (Lipinski definition) is 1. The Morgan fingerprint density at radius 1 is 1.24 bits per heavy atom. The maximum absolute atomic E-state index is 13.0. The molecule has 1 aliphatic rings. The summed E-state index contributed by atoms with van der Waals surface area (Å²) >= 11 is 0. The van der Waals surface area contributed by atoms with Gasteiger partial charge in [-0.05, 0) is 37.5 Å². The van der Waals surface area contributed by atoms with Crippen molar-refractivity contribution in [2.75, 3.05) is 0 Å². The van der Waals surface area contributed by atoms with Gasteiger partial charge in [0, 0.05) is 37.0 Å². The van der Waals surface area contributed by atoms with Crippen molar-refractivity contribution in [2.45, 2.75) is 43.8 Å².